The van der Waals surface area contributed by atoms with Crippen LogP contribution in [0.2, 0.25) is 0 Å². The summed E-state index contributed by atoms with van der Waals surface area (Å²) in [6.07, 6.45) is -5.14. The summed E-state index contributed by atoms with van der Waals surface area (Å²) in [6, 6.07) is 2.01. The smallest absolute Gasteiger partial charge is 0.382 e. The Morgan fingerprint density at radius 3 is 2.59 bits per heavy atom. The maximum Gasteiger partial charge on any atom is 0.574 e. The third-order valence-electron chi connectivity index (χ3n) is 1.53. The molecule has 0 radical (unpaired) electrons. The Balaban J connectivity index is 3.34. The second kappa shape index (κ2) is 4.12. The largest absolute Gasteiger partial charge is 0.574 e. The topological polar surface area (TPSA) is 115 Å². The molecule has 7 nitrogen and oxygen atoms in total. The second-order valence-electron chi connectivity index (χ2n) is 2.66. The number of ether oxygens (including phenoxy) is 1. The van der Waals surface area contributed by atoms with Crippen molar-refractivity contribution in [2.24, 2.45) is 0 Å². The zero-order valence-corrected chi connectivity index (χ0v) is 7.85. The summed E-state index contributed by atoms with van der Waals surface area (Å²) in [4.78, 5) is 12.3. The summed E-state index contributed by atoms with van der Waals surface area (Å²) in [5, 5.41) is 18.9. The molecule has 0 aliphatic carbocycles. The van der Waals surface area contributed by atoms with E-state index in [9.17, 15) is 23.3 Å². The number of nitrogens with two attached hydrogens (primary N) is 1. The molecule has 1 aromatic rings. The van der Waals surface area contributed by atoms with Crippen LogP contribution in [-0.2, 0) is 0 Å². The van der Waals surface area contributed by atoms with Gasteiger partial charge in [-0.2, -0.15) is 10.2 Å². The van der Waals surface area contributed by atoms with E-state index in [1.807, 2.05) is 0 Å². The molecule has 0 bridgehead atoms. The number of nitro groups is 1. The number of pyridine rings is 1. The molecule has 0 amide bonds. The van der Waals surface area contributed by atoms with Crippen molar-refractivity contribution in [1.29, 1.82) is 5.26 Å². The van der Waals surface area contributed by atoms with Crippen LogP contribution in [0.1, 0.15) is 5.56 Å². The van der Waals surface area contributed by atoms with Gasteiger partial charge in [-0.05, 0) is 0 Å². The van der Waals surface area contributed by atoms with Gasteiger partial charge in [-0.3, -0.25) is 10.1 Å². The van der Waals surface area contributed by atoms with Gasteiger partial charge in [0.05, 0.1) is 4.92 Å². The minimum Gasteiger partial charge on any atom is -0.382 e. The van der Waals surface area contributed by atoms with Crippen LogP contribution >= 0.6 is 0 Å². The average Bonchev–Trinajstić information content (AvgIpc) is 2.14. The first-order valence-electron chi connectivity index (χ1n) is 3.85. The highest BCUT2D eigenvalue weighted by Gasteiger charge is 2.36. The lowest BCUT2D eigenvalue weighted by atomic mass is 10.2. The van der Waals surface area contributed by atoms with E-state index in [4.69, 9.17) is 11.0 Å². The van der Waals surface area contributed by atoms with Crippen molar-refractivity contribution < 1.29 is 22.8 Å². The quantitative estimate of drug-likeness (QED) is 0.623. The van der Waals surface area contributed by atoms with E-state index < -0.39 is 34.2 Å². The van der Waals surface area contributed by atoms with E-state index in [1.165, 1.54) is 6.07 Å². The van der Waals surface area contributed by atoms with Crippen molar-refractivity contribution in [2.75, 3.05) is 5.73 Å². The maximum atomic E-state index is 11.9. The number of hydrogen-bond donors (Lipinski definition) is 1. The monoisotopic (exact) mass is 248 g/mol. The summed E-state index contributed by atoms with van der Waals surface area (Å²) >= 11 is 0. The van der Waals surface area contributed by atoms with Gasteiger partial charge in [-0.15, -0.1) is 13.2 Å². The molecule has 1 rings (SSSR count). The molecular weight excluding hydrogens is 245 g/mol. The van der Waals surface area contributed by atoms with Gasteiger partial charge >= 0.3 is 17.9 Å². The van der Waals surface area contributed by atoms with Crippen LogP contribution in [0.3, 0.4) is 0 Å². The lowest BCUT2D eigenvalue weighted by Crippen LogP contribution is -2.19. The average molecular weight is 248 g/mol. The van der Waals surface area contributed by atoms with Crippen LogP contribution in [0, 0.1) is 21.4 Å². The molecule has 0 unspecified atom stereocenters. The highest BCUT2D eigenvalue weighted by Crippen LogP contribution is 2.32. The standard InChI is InChI=1S/C7H3F3N4O3/c8-7(9,10)17-6-4(14(15)16)1-3(2-11)5(12)13-6/h1H,(H2,12,13). The van der Waals surface area contributed by atoms with Crippen LogP contribution in [0.15, 0.2) is 6.07 Å². The SMILES string of the molecule is N#Cc1cc([N+](=O)[O-])c(OC(F)(F)F)nc1N. The molecule has 17 heavy (non-hydrogen) atoms. The van der Waals surface area contributed by atoms with E-state index in [0.717, 1.165) is 0 Å². The normalized spacial score (nSPS) is 10.7. The second-order valence-corrected chi connectivity index (χ2v) is 2.66. The van der Waals surface area contributed by atoms with Gasteiger partial charge in [-0.1, -0.05) is 0 Å². The Bertz CT molecular complexity index is 508. The molecule has 0 spiro atoms. The molecule has 1 heterocycles. The number of rotatable bonds is 2. The molecule has 1 aromatic heterocycles. The van der Waals surface area contributed by atoms with Gasteiger partial charge in [0.15, 0.2) is 0 Å². The predicted octanol–water partition coefficient (Wildman–Crippen LogP) is 1.34. The van der Waals surface area contributed by atoms with Crippen LogP contribution in [0.5, 0.6) is 5.88 Å². The number of nitrogen functional groups attached to an aromatic ring is 1. The zero-order chi connectivity index (χ0) is 13.2. The van der Waals surface area contributed by atoms with E-state index >= 15 is 0 Å². The van der Waals surface area contributed by atoms with Crippen molar-refractivity contribution in [3.8, 4) is 11.9 Å². The fourth-order valence-corrected chi connectivity index (χ4v) is 0.904. The van der Waals surface area contributed by atoms with Gasteiger partial charge in [0.2, 0.25) is 0 Å². The first-order valence-corrected chi connectivity index (χ1v) is 3.85. The van der Waals surface area contributed by atoms with E-state index in [2.05, 4.69) is 9.72 Å². The minimum atomic E-state index is -5.14. The number of hydrogen-bond acceptors (Lipinski definition) is 6. The van der Waals surface area contributed by atoms with Crippen molar-refractivity contribution in [2.45, 2.75) is 6.36 Å². The summed E-state index contributed by atoms with van der Waals surface area (Å²) < 4.78 is 39.1. The van der Waals surface area contributed by atoms with Crippen LogP contribution < -0.4 is 10.5 Å². The van der Waals surface area contributed by atoms with E-state index in [-0.39, 0.29) is 0 Å². The third kappa shape index (κ3) is 2.94. The Morgan fingerprint density at radius 1 is 1.59 bits per heavy atom. The Labute approximate surface area is 91.4 Å². The summed E-state index contributed by atoms with van der Waals surface area (Å²) in [5.74, 6) is -1.89. The Hall–Kier alpha value is -2.57. The van der Waals surface area contributed by atoms with Gasteiger partial charge in [-0.25, -0.2) is 0 Å². The zero-order valence-electron chi connectivity index (χ0n) is 7.85. The molecule has 0 saturated carbocycles. The molecule has 0 atom stereocenters. The summed E-state index contributed by atoms with van der Waals surface area (Å²) in [6.45, 7) is 0. The minimum absolute atomic E-state index is 0.411. The van der Waals surface area contributed by atoms with Crippen molar-refractivity contribution in [3.63, 3.8) is 0 Å². The highest BCUT2D eigenvalue weighted by molar-refractivity contribution is 5.57. The molecule has 10 heteroatoms. The predicted molar refractivity (Wildman–Crippen MR) is 46.7 cm³/mol. The maximum absolute atomic E-state index is 11.9. The first-order chi connectivity index (χ1) is 7.74. The Morgan fingerprint density at radius 2 is 2.18 bits per heavy atom. The number of alkyl halides is 3. The Kier molecular flexibility index (Phi) is 3.03. The van der Waals surface area contributed by atoms with E-state index in [0.29, 0.717) is 6.07 Å². The molecule has 0 fully saturated rings. The molecule has 0 aliphatic heterocycles. The van der Waals surface area contributed by atoms with Gasteiger partial charge in [0.1, 0.15) is 17.5 Å². The van der Waals surface area contributed by atoms with Gasteiger partial charge < -0.3 is 10.5 Å². The van der Waals surface area contributed by atoms with Crippen LogP contribution in [0.25, 0.3) is 0 Å². The first kappa shape index (κ1) is 12.5. The van der Waals surface area contributed by atoms with Crippen LogP contribution in [0.4, 0.5) is 24.7 Å². The lowest BCUT2D eigenvalue weighted by Gasteiger charge is -2.08. The fourth-order valence-electron chi connectivity index (χ4n) is 0.904. The van der Waals surface area contributed by atoms with E-state index in [1.54, 1.807) is 0 Å². The van der Waals surface area contributed by atoms with Gasteiger partial charge in [0.25, 0.3) is 0 Å². The van der Waals surface area contributed by atoms with Crippen molar-refractivity contribution in [3.05, 3.63) is 21.7 Å². The molecule has 90 valence electrons. The number of aromatic nitrogens is 1. The number of nitrogens with zero attached hydrogens (tertiary/aromatic N) is 3. The van der Waals surface area contributed by atoms with Gasteiger partial charge in [0, 0.05) is 6.07 Å². The molecular formula is C7H3F3N4O3. The number of halogens is 3. The summed E-state index contributed by atoms with van der Waals surface area (Å²) in [7, 11) is 0. The van der Waals surface area contributed by atoms with Crippen molar-refractivity contribution in [1.82, 2.24) is 4.98 Å². The highest BCUT2D eigenvalue weighted by atomic mass is 19.4. The molecule has 2 N–H and O–H groups in total. The molecule has 0 aliphatic rings. The lowest BCUT2D eigenvalue weighted by molar-refractivity contribution is -0.389. The third-order valence-corrected chi connectivity index (χ3v) is 1.53. The van der Waals surface area contributed by atoms with Crippen LogP contribution in [-0.4, -0.2) is 16.3 Å². The number of anilines is 1. The fraction of sp³-hybridized carbons (Fsp3) is 0.143. The number of nitriles is 1. The molecule has 0 saturated heterocycles. The molecule has 0 aromatic carbocycles. The summed E-state index contributed by atoms with van der Waals surface area (Å²) in [5.41, 5.74) is 3.62. The van der Waals surface area contributed by atoms with Crippen molar-refractivity contribution >= 4 is 11.5 Å².